The number of alkyl carbamates (subject to hydrolysis) is 1. The van der Waals surface area contributed by atoms with Crippen molar-refractivity contribution >= 4 is 27.6 Å². The Morgan fingerprint density at radius 1 is 0.681 bits per heavy atom. The molecule has 0 aliphatic carbocycles. The summed E-state index contributed by atoms with van der Waals surface area (Å²) in [4.78, 5) is 12.6. The van der Waals surface area contributed by atoms with E-state index in [0.717, 1.165) is 44.2 Å². The first-order valence-corrected chi connectivity index (χ1v) is 16.0. The second-order valence-corrected chi connectivity index (χ2v) is 12.4. The normalized spacial score (nSPS) is 17.3. The fraction of sp³-hybridized carbons (Fsp3) is 0.432. The maximum absolute atomic E-state index is 12.6. The molecule has 0 aromatic heterocycles. The van der Waals surface area contributed by atoms with Gasteiger partial charge >= 0.3 is 6.09 Å². The number of rotatable bonds is 2. The lowest BCUT2D eigenvalue weighted by molar-refractivity contribution is -0.0478. The van der Waals surface area contributed by atoms with Crippen LogP contribution in [-0.4, -0.2) is 95.0 Å². The quantitative estimate of drug-likeness (QED) is 0.281. The van der Waals surface area contributed by atoms with Crippen molar-refractivity contribution in [2.24, 2.45) is 0 Å². The summed E-state index contributed by atoms with van der Waals surface area (Å²) >= 11 is 0. The van der Waals surface area contributed by atoms with Gasteiger partial charge in [0, 0.05) is 11.1 Å². The predicted octanol–water partition coefficient (Wildman–Crippen LogP) is 5.75. The first-order chi connectivity index (χ1) is 22.8. The van der Waals surface area contributed by atoms with Gasteiger partial charge in [0.2, 0.25) is 0 Å². The van der Waals surface area contributed by atoms with E-state index in [1.165, 1.54) is 0 Å². The predicted molar refractivity (Wildman–Crippen MR) is 180 cm³/mol. The smallest absolute Gasteiger partial charge is 0.408 e. The van der Waals surface area contributed by atoms with E-state index in [2.05, 4.69) is 41.7 Å². The Hall–Kier alpha value is -3.93. The van der Waals surface area contributed by atoms with Crippen LogP contribution in [0.4, 0.5) is 4.79 Å². The van der Waals surface area contributed by atoms with Crippen LogP contribution < -0.4 is 14.8 Å². The molecular weight excluding hydrogens is 602 g/mol. The monoisotopic (exact) mass is 647 g/mol. The molecule has 0 radical (unpaired) electrons. The highest BCUT2D eigenvalue weighted by Gasteiger charge is 2.34. The minimum Gasteiger partial charge on any atom is -0.491 e. The molecule has 0 unspecified atom stereocenters. The van der Waals surface area contributed by atoms with Crippen molar-refractivity contribution in [3.8, 4) is 22.6 Å². The average Bonchev–Trinajstić information content (AvgIpc) is 3.05. The molecule has 0 fully saturated rings. The Balaban J connectivity index is 1.37. The third-order valence-corrected chi connectivity index (χ3v) is 7.57. The largest absolute Gasteiger partial charge is 0.491 e. The number of hydrogen-bond donors (Lipinski definition) is 2. The van der Waals surface area contributed by atoms with E-state index in [9.17, 15) is 9.90 Å². The molecule has 5 rings (SSSR count). The Kier molecular flexibility index (Phi) is 11.9. The van der Waals surface area contributed by atoms with E-state index in [1.54, 1.807) is 20.8 Å². The molecule has 4 aromatic carbocycles. The van der Waals surface area contributed by atoms with Crippen molar-refractivity contribution in [2.45, 2.75) is 31.9 Å². The van der Waals surface area contributed by atoms with Gasteiger partial charge in [-0.2, -0.15) is 0 Å². The van der Waals surface area contributed by atoms with Crippen molar-refractivity contribution < 1.29 is 43.1 Å². The first-order valence-electron chi connectivity index (χ1n) is 16.0. The number of fused-ring (bicyclic) bond motifs is 7. The molecular formula is C37H45NO9. The number of amides is 1. The lowest BCUT2D eigenvalue weighted by Gasteiger charge is -2.33. The van der Waals surface area contributed by atoms with Gasteiger partial charge in [-0.3, -0.25) is 0 Å². The zero-order valence-corrected chi connectivity index (χ0v) is 27.4. The third-order valence-electron chi connectivity index (χ3n) is 7.57. The summed E-state index contributed by atoms with van der Waals surface area (Å²) in [5.41, 5.74) is -0.0131. The minimum atomic E-state index is -1.22. The Morgan fingerprint density at radius 2 is 1.13 bits per heavy atom. The topological polar surface area (TPSA) is 114 Å². The number of carbonyl (C=O) groups excluding carboxylic acids is 1. The maximum atomic E-state index is 12.6. The highest BCUT2D eigenvalue weighted by Crippen LogP contribution is 2.45. The molecule has 0 atom stereocenters. The van der Waals surface area contributed by atoms with Crippen molar-refractivity contribution in [3.05, 3.63) is 72.8 Å². The van der Waals surface area contributed by atoms with Crippen LogP contribution in [0.25, 0.3) is 32.7 Å². The van der Waals surface area contributed by atoms with Gasteiger partial charge in [-0.15, -0.1) is 0 Å². The second-order valence-electron chi connectivity index (χ2n) is 12.4. The molecule has 0 bridgehead atoms. The Morgan fingerprint density at radius 3 is 1.60 bits per heavy atom. The van der Waals surface area contributed by atoms with Crippen LogP contribution in [-0.2, 0) is 23.7 Å². The van der Waals surface area contributed by atoms with E-state index in [4.69, 9.17) is 33.2 Å². The fourth-order valence-electron chi connectivity index (χ4n) is 5.42. The molecule has 10 nitrogen and oxygen atoms in total. The zero-order chi connectivity index (χ0) is 33.1. The first kappa shape index (κ1) is 34.4. The summed E-state index contributed by atoms with van der Waals surface area (Å²) in [6.07, 6.45) is -0.674. The molecule has 1 heterocycles. The molecule has 10 heteroatoms. The fourth-order valence-corrected chi connectivity index (χ4v) is 5.42. The standard InChI is InChI=1S/C37H45NO9/c1-36(2,3)47-35(40)38-37(24-39)25-43-18-16-41-20-22-45-31-14-12-27-8-4-6-10-29(27)33(31)34-30-11-7-5-9-28(30)13-15-32(34)46-23-21-42-17-19-44-26-37/h4-15,39H,16-26H2,1-3H3,(H,38,40). The summed E-state index contributed by atoms with van der Waals surface area (Å²) in [6.45, 7) is 7.20. The van der Waals surface area contributed by atoms with E-state index < -0.39 is 23.8 Å². The average molecular weight is 648 g/mol. The lowest BCUT2D eigenvalue weighted by Crippen LogP contribution is -2.59. The maximum Gasteiger partial charge on any atom is 0.408 e. The zero-order valence-electron chi connectivity index (χ0n) is 27.4. The van der Waals surface area contributed by atoms with Gasteiger partial charge in [-0.25, -0.2) is 4.79 Å². The molecule has 1 aliphatic heterocycles. The lowest BCUT2D eigenvalue weighted by atomic mass is 9.92. The number of nitrogens with one attached hydrogen (secondary N) is 1. The summed E-state index contributed by atoms with van der Waals surface area (Å²) in [5.74, 6) is 1.45. The Labute approximate surface area is 275 Å². The molecule has 0 saturated carbocycles. The summed E-state index contributed by atoms with van der Waals surface area (Å²) in [6, 6.07) is 24.6. The Bertz CT molecular complexity index is 1520. The molecule has 1 amide bonds. The number of ether oxygens (including phenoxy) is 7. The van der Waals surface area contributed by atoms with Gasteiger partial charge in [0.25, 0.3) is 0 Å². The van der Waals surface area contributed by atoms with Crippen LogP contribution in [0.5, 0.6) is 11.5 Å². The number of hydrogen-bond acceptors (Lipinski definition) is 9. The number of aliphatic hydroxyl groups excluding tert-OH is 1. The van der Waals surface area contributed by atoms with E-state index in [-0.39, 0.29) is 39.6 Å². The SMILES string of the molecule is CC(C)(C)OC(=O)NC1(CO)COCCOCCOc2ccc3ccccc3c2-c2c(ccc3ccccc23)OCCOCCOC1. The van der Waals surface area contributed by atoms with Crippen LogP contribution >= 0.6 is 0 Å². The molecule has 4 aromatic rings. The van der Waals surface area contributed by atoms with Gasteiger partial charge in [-0.1, -0.05) is 60.7 Å². The highest BCUT2D eigenvalue weighted by atomic mass is 16.6. The van der Waals surface area contributed by atoms with E-state index in [1.807, 2.05) is 36.4 Å². The summed E-state index contributed by atoms with van der Waals surface area (Å²) < 4.78 is 41.5. The summed E-state index contributed by atoms with van der Waals surface area (Å²) in [5, 5.41) is 17.3. The van der Waals surface area contributed by atoms with Crippen LogP contribution in [0.3, 0.4) is 0 Å². The van der Waals surface area contributed by atoms with Gasteiger partial charge in [-0.05, 0) is 54.4 Å². The molecule has 47 heavy (non-hydrogen) atoms. The summed E-state index contributed by atoms with van der Waals surface area (Å²) in [7, 11) is 0. The number of aliphatic hydroxyl groups is 1. The van der Waals surface area contributed by atoms with Crippen LogP contribution in [0.1, 0.15) is 20.8 Å². The van der Waals surface area contributed by atoms with Crippen molar-refractivity contribution in [3.63, 3.8) is 0 Å². The third kappa shape index (κ3) is 9.33. The van der Waals surface area contributed by atoms with Crippen LogP contribution in [0, 0.1) is 0 Å². The molecule has 0 spiro atoms. The minimum absolute atomic E-state index is 0.00996. The van der Waals surface area contributed by atoms with E-state index in [0.29, 0.717) is 26.4 Å². The van der Waals surface area contributed by atoms with Crippen molar-refractivity contribution in [2.75, 3.05) is 72.7 Å². The number of carbonyl (C=O) groups is 1. The van der Waals surface area contributed by atoms with Crippen molar-refractivity contribution in [1.82, 2.24) is 5.32 Å². The second kappa shape index (κ2) is 16.3. The highest BCUT2D eigenvalue weighted by molar-refractivity contribution is 6.09. The molecule has 0 saturated heterocycles. The van der Waals surface area contributed by atoms with Crippen LogP contribution in [0.15, 0.2) is 72.8 Å². The molecule has 252 valence electrons. The van der Waals surface area contributed by atoms with Gasteiger partial charge < -0.3 is 43.6 Å². The van der Waals surface area contributed by atoms with Crippen molar-refractivity contribution in [1.29, 1.82) is 0 Å². The number of benzene rings is 4. The molecule has 2 N–H and O–H groups in total. The van der Waals surface area contributed by atoms with E-state index >= 15 is 0 Å². The van der Waals surface area contributed by atoms with Gasteiger partial charge in [0.1, 0.15) is 35.9 Å². The molecule has 1 aliphatic rings. The van der Waals surface area contributed by atoms with Crippen LogP contribution in [0.2, 0.25) is 0 Å². The van der Waals surface area contributed by atoms with Gasteiger partial charge in [0.15, 0.2) is 0 Å². The van der Waals surface area contributed by atoms with Gasteiger partial charge in [0.05, 0.1) is 59.5 Å².